The maximum atomic E-state index is 13.4. The summed E-state index contributed by atoms with van der Waals surface area (Å²) in [5.74, 6) is 0.192. The number of carbonyl (C=O) groups excluding carboxylic acids is 1. The normalized spacial score (nSPS) is 17.6. The summed E-state index contributed by atoms with van der Waals surface area (Å²) in [6, 6.07) is 5.28. The van der Waals surface area contributed by atoms with Crippen LogP contribution >= 0.6 is 0 Å². The summed E-state index contributed by atoms with van der Waals surface area (Å²) in [4.78, 5) is 22.2. The van der Waals surface area contributed by atoms with Crippen molar-refractivity contribution >= 4 is 28.3 Å². The first-order valence-corrected chi connectivity index (χ1v) is 13.0. The highest BCUT2D eigenvalue weighted by molar-refractivity contribution is 6.00. The largest absolute Gasteiger partial charge is 0.390 e. The summed E-state index contributed by atoms with van der Waals surface area (Å²) < 4.78 is 28.3. The zero-order valence-electron chi connectivity index (χ0n) is 22.1. The van der Waals surface area contributed by atoms with E-state index in [1.807, 2.05) is 19.9 Å². The van der Waals surface area contributed by atoms with Crippen LogP contribution in [0.25, 0.3) is 16.9 Å². The van der Waals surface area contributed by atoms with E-state index in [1.54, 1.807) is 18.3 Å². The number of nitrogens with zero attached hydrogens (tertiary/aromatic N) is 7. The van der Waals surface area contributed by atoms with Gasteiger partial charge in [0.25, 0.3) is 12.3 Å². The lowest BCUT2D eigenvalue weighted by atomic mass is 9.77. The fourth-order valence-corrected chi connectivity index (χ4v) is 5.03. The van der Waals surface area contributed by atoms with Gasteiger partial charge in [-0.05, 0) is 51.5 Å². The summed E-state index contributed by atoms with van der Waals surface area (Å²) in [6.07, 6.45) is 7.78. The van der Waals surface area contributed by atoms with Crippen LogP contribution < -0.4 is 10.6 Å². The zero-order chi connectivity index (χ0) is 28.4. The second-order valence-electron chi connectivity index (χ2n) is 10.5. The van der Waals surface area contributed by atoms with E-state index in [0.717, 1.165) is 30.4 Å². The van der Waals surface area contributed by atoms with Crippen LogP contribution in [0, 0.1) is 17.2 Å². The van der Waals surface area contributed by atoms with Crippen molar-refractivity contribution in [3.8, 4) is 11.9 Å². The summed E-state index contributed by atoms with van der Waals surface area (Å²) in [5, 5.41) is 34.6. The molecule has 0 spiro atoms. The second kappa shape index (κ2) is 11.0. The highest BCUT2D eigenvalue weighted by Gasteiger charge is 2.32. The quantitative estimate of drug-likeness (QED) is 0.299. The van der Waals surface area contributed by atoms with Crippen LogP contribution in [0.4, 0.5) is 20.2 Å². The third-order valence-electron chi connectivity index (χ3n) is 7.19. The number of anilines is 2. The summed E-state index contributed by atoms with van der Waals surface area (Å²) in [5.41, 5.74) is 1.16. The molecule has 0 aliphatic heterocycles. The van der Waals surface area contributed by atoms with E-state index in [9.17, 15) is 18.7 Å². The Bertz CT molecular complexity index is 1560. The maximum Gasteiger partial charge on any atom is 0.257 e. The van der Waals surface area contributed by atoms with Crippen molar-refractivity contribution < 1.29 is 18.7 Å². The number of aromatic nitrogens is 6. The monoisotopic (exact) mass is 549 g/mol. The molecule has 0 saturated heterocycles. The van der Waals surface area contributed by atoms with Crippen LogP contribution in [0.1, 0.15) is 55.5 Å². The summed E-state index contributed by atoms with van der Waals surface area (Å²) in [6.45, 7) is 3.07. The van der Waals surface area contributed by atoms with Crippen molar-refractivity contribution in [1.29, 1.82) is 5.26 Å². The molecular weight excluding hydrogens is 520 g/mol. The fourth-order valence-electron chi connectivity index (χ4n) is 5.03. The Labute approximate surface area is 228 Å². The minimum atomic E-state index is -2.56. The number of hydrogen-bond acceptors (Lipinski definition) is 8. The highest BCUT2D eigenvalue weighted by Crippen LogP contribution is 2.33. The van der Waals surface area contributed by atoms with Crippen molar-refractivity contribution in [2.45, 2.75) is 64.1 Å². The number of carbonyl (C=O) groups is 1. The molecule has 4 heterocycles. The Kier molecular flexibility index (Phi) is 7.44. The smallest absolute Gasteiger partial charge is 0.257 e. The van der Waals surface area contributed by atoms with E-state index < -0.39 is 18.6 Å². The average molecular weight is 550 g/mol. The van der Waals surface area contributed by atoms with Gasteiger partial charge in [0.2, 0.25) is 0 Å². The molecule has 0 unspecified atom stereocenters. The van der Waals surface area contributed by atoms with Gasteiger partial charge in [0.15, 0.2) is 11.5 Å². The topological polar surface area (TPSA) is 147 Å². The van der Waals surface area contributed by atoms with E-state index in [-0.39, 0.29) is 23.4 Å². The van der Waals surface area contributed by atoms with Gasteiger partial charge in [0, 0.05) is 36.1 Å². The minimum Gasteiger partial charge on any atom is -0.390 e. The van der Waals surface area contributed by atoms with Gasteiger partial charge in [0.05, 0.1) is 40.5 Å². The van der Waals surface area contributed by atoms with Gasteiger partial charge in [-0.2, -0.15) is 20.1 Å². The number of fused-ring (bicyclic) bond motifs is 1. The van der Waals surface area contributed by atoms with Crippen LogP contribution in [0.15, 0.2) is 43.1 Å². The number of alkyl halides is 2. The predicted molar refractivity (Wildman–Crippen MR) is 142 cm³/mol. The molecular formula is C27H29F2N9O2. The van der Waals surface area contributed by atoms with Gasteiger partial charge in [-0.25, -0.2) is 18.7 Å². The first-order chi connectivity index (χ1) is 19.1. The Hall–Kier alpha value is -4.44. The molecule has 5 rings (SSSR count). The molecule has 0 atom stereocenters. The average Bonchev–Trinajstić information content (AvgIpc) is 3.54. The molecule has 40 heavy (non-hydrogen) atoms. The summed E-state index contributed by atoms with van der Waals surface area (Å²) in [7, 11) is 0. The van der Waals surface area contributed by atoms with E-state index in [4.69, 9.17) is 5.26 Å². The summed E-state index contributed by atoms with van der Waals surface area (Å²) >= 11 is 0. The third kappa shape index (κ3) is 5.91. The zero-order valence-corrected chi connectivity index (χ0v) is 22.1. The molecule has 4 aromatic rings. The number of hydrogen-bond donors (Lipinski definition) is 3. The van der Waals surface area contributed by atoms with Gasteiger partial charge in [0.1, 0.15) is 12.6 Å². The van der Waals surface area contributed by atoms with E-state index in [1.165, 1.54) is 29.5 Å². The number of nitriles is 1. The highest BCUT2D eigenvalue weighted by atomic mass is 19.3. The van der Waals surface area contributed by atoms with E-state index in [2.05, 4.69) is 30.8 Å². The molecule has 11 nitrogen and oxygen atoms in total. The molecule has 1 saturated carbocycles. The molecule has 4 aromatic heterocycles. The number of nitrogens with one attached hydrogen (secondary N) is 2. The van der Waals surface area contributed by atoms with Gasteiger partial charge in [-0.15, -0.1) is 0 Å². The van der Waals surface area contributed by atoms with E-state index in [0.29, 0.717) is 33.8 Å². The second-order valence-corrected chi connectivity index (χ2v) is 10.5. The number of rotatable bonds is 8. The number of pyridine rings is 2. The van der Waals surface area contributed by atoms with Gasteiger partial charge in [-0.1, -0.05) is 0 Å². The third-order valence-corrected chi connectivity index (χ3v) is 7.19. The van der Waals surface area contributed by atoms with Crippen molar-refractivity contribution in [2.75, 3.05) is 5.32 Å². The lowest BCUT2D eigenvalue weighted by molar-refractivity contribution is -0.00257. The number of halogens is 2. The Morgan fingerprint density at radius 3 is 2.62 bits per heavy atom. The van der Waals surface area contributed by atoms with E-state index >= 15 is 0 Å². The van der Waals surface area contributed by atoms with Crippen molar-refractivity contribution in [3.63, 3.8) is 0 Å². The Morgan fingerprint density at radius 2 is 1.93 bits per heavy atom. The van der Waals surface area contributed by atoms with Crippen molar-refractivity contribution in [1.82, 2.24) is 34.8 Å². The Morgan fingerprint density at radius 1 is 1.15 bits per heavy atom. The molecule has 208 valence electrons. The standard InChI is InChI=1S/C27H29F2N9O2/c1-27(2,40)18-3-5-19(6-4-18)36-26(39)21-13-31-24(38-25-17(11-34-38)7-16(9-30)10-32-25)8-22(21)35-20-12-33-37(14-20)15-23(28)29/h7-8,10-14,18-19,23,40H,3-6,15H2,1-2H3,(H,31,35)(H,36,39). The molecule has 1 aliphatic carbocycles. The number of aliphatic hydroxyl groups is 1. The SMILES string of the molecule is CC(C)(O)C1CCC(NC(=O)c2cnc(-n3ncc4cc(C#N)cnc43)cc2Nc2cnn(CC(F)F)c2)CC1. The molecule has 1 amide bonds. The van der Waals surface area contributed by atoms with Crippen LogP contribution in [-0.2, 0) is 6.54 Å². The van der Waals surface area contributed by atoms with Gasteiger partial charge < -0.3 is 15.7 Å². The lowest BCUT2D eigenvalue weighted by Gasteiger charge is -2.36. The molecule has 13 heteroatoms. The van der Waals surface area contributed by atoms with Gasteiger partial charge in [-0.3, -0.25) is 9.48 Å². The van der Waals surface area contributed by atoms with Crippen LogP contribution in [-0.4, -0.2) is 58.6 Å². The maximum absolute atomic E-state index is 13.4. The first kappa shape index (κ1) is 27.1. The van der Waals surface area contributed by atoms with Gasteiger partial charge >= 0.3 is 0 Å². The van der Waals surface area contributed by atoms with Crippen molar-refractivity contribution in [2.24, 2.45) is 5.92 Å². The lowest BCUT2D eigenvalue weighted by Crippen LogP contribution is -2.42. The molecule has 0 radical (unpaired) electrons. The van der Waals surface area contributed by atoms with Crippen LogP contribution in [0.2, 0.25) is 0 Å². The van der Waals surface area contributed by atoms with Crippen LogP contribution in [0.5, 0.6) is 0 Å². The molecule has 1 aliphatic rings. The fraction of sp³-hybridized carbons (Fsp3) is 0.407. The molecule has 0 aromatic carbocycles. The minimum absolute atomic E-state index is 0.0546. The Balaban J connectivity index is 1.43. The first-order valence-electron chi connectivity index (χ1n) is 13.0. The predicted octanol–water partition coefficient (Wildman–Crippen LogP) is 3.95. The number of amides is 1. The van der Waals surface area contributed by atoms with Crippen molar-refractivity contribution in [3.05, 3.63) is 54.2 Å². The molecule has 3 N–H and O–H groups in total. The molecule has 1 fully saturated rings. The van der Waals surface area contributed by atoms with Crippen LogP contribution in [0.3, 0.4) is 0 Å². The molecule has 0 bridgehead atoms.